The SMILES string of the molecule is Cc1noc(C)c1-c1cc(C2(c3cccc(=O)n3C)CCCCO2)c2nc(C3CC3)[nH]c2c1. The zero-order valence-corrected chi connectivity index (χ0v) is 19.3. The van der Waals surface area contributed by atoms with Crippen LogP contribution in [0.25, 0.3) is 22.2 Å². The van der Waals surface area contributed by atoms with E-state index in [-0.39, 0.29) is 5.56 Å². The average Bonchev–Trinajstić information content (AvgIpc) is 3.49. The molecule has 0 bridgehead atoms. The lowest BCUT2D eigenvalue weighted by Crippen LogP contribution is -2.40. The Morgan fingerprint density at radius 1 is 1.18 bits per heavy atom. The quantitative estimate of drug-likeness (QED) is 0.486. The van der Waals surface area contributed by atoms with E-state index >= 15 is 0 Å². The van der Waals surface area contributed by atoms with Gasteiger partial charge >= 0.3 is 0 Å². The highest BCUT2D eigenvalue weighted by Gasteiger charge is 2.42. The monoisotopic (exact) mass is 444 g/mol. The van der Waals surface area contributed by atoms with E-state index < -0.39 is 5.60 Å². The Balaban J connectivity index is 1.68. The van der Waals surface area contributed by atoms with Crippen molar-refractivity contribution >= 4 is 11.0 Å². The van der Waals surface area contributed by atoms with Gasteiger partial charge in [0.2, 0.25) is 0 Å². The summed E-state index contributed by atoms with van der Waals surface area (Å²) in [6, 6.07) is 9.75. The fourth-order valence-corrected chi connectivity index (χ4v) is 5.35. The molecule has 0 spiro atoms. The van der Waals surface area contributed by atoms with Gasteiger partial charge in [-0.1, -0.05) is 11.2 Å². The third-order valence-electron chi connectivity index (χ3n) is 7.20. The van der Waals surface area contributed by atoms with E-state index in [4.69, 9.17) is 14.2 Å². The van der Waals surface area contributed by atoms with Crippen LogP contribution in [-0.2, 0) is 17.4 Å². The van der Waals surface area contributed by atoms with Gasteiger partial charge in [-0.3, -0.25) is 4.79 Å². The minimum absolute atomic E-state index is 0.0418. The Hall–Kier alpha value is -3.19. The summed E-state index contributed by atoms with van der Waals surface area (Å²) in [6.07, 6.45) is 5.14. The third kappa shape index (κ3) is 3.17. The molecule has 1 aromatic carbocycles. The van der Waals surface area contributed by atoms with Crippen LogP contribution in [0.2, 0.25) is 0 Å². The van der Waals surface area contributed by atoms with E-state index in [0.29, 0.717) is 12.5 Å². The first kappa shape index (κ1) is 20.4. The maximum Gasteiger partial charge on any atom is 0.250 e. The molecule has 4 heterocycles. The second kappa shape index (κ2) is 7.42. The molecule has 0 amide bonds. The van der Waals surface area contributed by atoms with E-state index in [9.17, 15) is 4.79 Å². The first-order valence-corrected chi connectivity index (χ1v) is 11.8. The number of benzene rings is 1. The molecule has 170 valence electrons. The van der Waals surface area contributed by atoms with Crippen LogP contribution >= 0.6 is 0 Å². The van der Waals surface area contributed by atoms with Crippen molar-refractivity contribution in [3.05, 3.63) is 69.2 Å². The van der Waals surface area contributed by atoms with Crippen molar-refractivity contribution in [1.82, 2.24) is 19.7 Å². The predicted octanol–water partition coefficient (Wildman–Crippen LogP) is 4.85. The molecule has 2 aliphatic rings. The summed E-state index contributed by atoms with van der Waals surface area (Å²) in [6.45, 7) is 4.54. The molecular formula is C26H28N4O3. The summed E-state index contributed by atoms with van der Waals surface area (Å²) in [7, 11) is 1.83. The molecular weight excluding hydrogens is 416 g/mol. The van der Waals surface area contributed by atoms with E-state index in [0.717, 1.165) is 70.0 Å². The normalized spacial score (nSPS) is 21.1. The fraction of sp³-hybridized carbons (Fsp3) is 0.423. The summed E-state index contributed by atoms with van der Waals surface area (Å²) in [4.78, 5) is 21.3. The van der Waals surface area contributed by atoms with Gasteiger partial charge in [0.25, 0.3) is 5.56 Å². The number of nitrogens with one attached hydrogen (secondary N) is 1. The number of aryl methyl sites for hydroxylation is 2. The maximum absolute atomic E-state index is 12.6. The molecule has 0 radical (unpaired) electrons. The first-order valence-electron chi connectivity index (χ1n) is 11.8. The van der Waals surface area contributed by atoms with Crippen molar-refractivity contribution in [3.8, 4) is 11.1 Å². The highest BCUT2D eigenvalue weighted by molar-refractivity contribution is 5.87. The number of aromatic nitrogens is 4. The summed E-state index contributed by atoms with van der Waals surface area (Å²) in [5.41, 5.74) is 5.84. The van der Waals surface area contributed by atoms with E-state index in [1.165, 1.54) is 12.8 Å². The molecule has 7 heteroatoms. The lowest BCUT2D eigenvalue weighted by molar-refractivity contribution is -0.0574. The highest BCUT2D eigenvalue weighted by atomic mass is 16.5. The molecule has 1 N–H and O–H groups in total. The van der Waals surface area contributed by atoms with Crippen molar-refractivity contribution in [2.24, 2.45) is 7.05 Å². The molecule has 6 rings (SSSR count). The summed E-state index contributed by atoms with van der Waals surface area (Å²) < 4.78 is 13.9. The lowest BCUT2D eigenvalue weighted by Gasteiger charge is -2.39. The minimum atomic E-state index is -0.753. The van der Waals surface area contributed by atoms with E-state index in [1.807, 2.05) is 33.0 Å². The summed E-state index contributed by atoms with van der Waals surface area (Å²) in [5, 5.41) is 4.18. The fourth-order valence-electron chi connectivity index (χ4n) is 5.35. The number of pyridine rings is 1. The molecule has 1 saturated heterocycles. The van der Waals surface area contributed by atoms with Crippen LogP contribution in [0.1, 0.15) is 66.6 Å². The second-order valence-corrected chi connectivity index (χ2v) is 9.46. The van der Waals surface area contributed by atoms with Crippen molar-refractivity contribution in [1.29, 1.82) is 0 Å². The van der Waals surface area contributed by atoms with Gasteiger partial charge in [-0.05, 0) is 69.7 Å². The Morgan fingerprint density at radius 3 is 2.73 bits per heavy atom. The van der Waals surface area contributed by atoms with Crippen LogP contribution in [0, 0.1) is 13.8 Å². The Kier molecular flexibility index (Phi) is 4.59. The van der Waals surface area contributed by atoms with Gasteiger partial charge in [-0.25, -0.2) is 4.98 Å². The third-order valence-corrected chi connectivity index (χ3v) is 7.20. The number of hydrogen-bond acceptors (Lipinski definition) is 5. The lowest BCUT2D eigenvalue weighted by atomic mass is 9.81. The summed E-state index contributed by atoms with van der Waals surface area (Å²) >= 11 is 0. The number of nitrogens with zero attached hydrogens (tertiary/aromatic N) is 3. The number of imidazole rings is 1. The van der Waals surface area contributed by atoms with Crippen LogP contribution in [0.3, 0.4) is 0 Å². The molecule has 1 aliphatic heterocycles. The number of H-pyrrole nitrogens is 1. The van der Waals surface area contributed by atoms with E-state index in [1.54, 1.807) is 10.6 Å². The average molecular weight is 445 g/mol. The van der Waals surface area contributed by atoms with Crippen LogP contribution in [-0.4, -0.2) is 26.3 Å². The van der Waals surface area contributed by atoms with Gasteiger partial charge in [0.05, 0.1) is 22.4 Å². The number of ether oxygens (including phenoxy) is 1. The van der Waals surface area contributed by atoms with Crippen molar-refractivity contribution in [2.75, 3.05) is 6.61 Å². The van der Waals surface area contributed by atoms with Crippen LogP contribution in [0.15, 0.2) is 39.6 Å². The van der Waals surface area contributed by atoms with Gasteiger partial charge in [-0.2, -0.15) is 0 Å². The molecule has 4 aromatic rings. The number of aromatic amines is 1. The van der Waals surface area contributed by atoms with Crippen molar-refractivity contribution < 1.29 is 9.26 Å². The summed E-state index contributed by atoms with van der Waals surface area (Å²) in [5.74, 6) is 2.32. The molecule has 1 atom stereocenters. The largest absolute Gasteiger partial charge is 0.364 e. The van der Waals surface area contributed by atoms with Crippen LogP contribution < -0.4 is 5.56 Å². The minimum Gasteiger partial charge on any atom is -0.364 e. The maximum atomic E-state index is 12.6. The van der Waals surface area contributed by atoms with Gasteiger partial charge in [-0.15, -0.1) is 0 Å². The zero-order chi connectivity index (χ0) is 22.7. The second-order valence-electron chi connectivity index (χ2n) is 9.46. The number of rotatable bonds is 4. The topological polar surface area (TPSA) is 85.9 Å². The van der Waals surface area contributed by atoms with Gasteiger partial charge in [0.1, 0.15) is 17.2 Å². The molecule has 1 saturated carbocycles. The Labute approximate surface area is 191 Å². The Morgan fingerprint density at radius 2 is 2.03 bits per heavy atom. The standard InChI is InChI=1S/C26H28N4O3/c1-15-23(16(2)33-29-15)18-13-19(24-20(14-18)27-25(28-24)17-9-10-17)26(11-4-5-12-32-26)21-7-6-8-22(31)30(21)3/h6-8,13-14,17H,4-5,9-12H2,1-3H3,(H,27,28). The first-order chi connectivity index (χ1) is 16.0. The van der Waals surface area contributed by atoms with E-state index in [2.05, 4.69) is 22.3 Å². The van der Waals surface area contributed by atoms with Crippen LogP contribution in [0.5, 0.6) is 0 Å². The van der Waals surface area contributed by atoms with Crippen molar-refractivity contribution in [3.63, 3.8) is 0 Å². The molecule has 1 aliphatic carbocycles. The van der Waals surface area contributed by atoms with Gasteiger partial charge < -0.3 is 18.8 Å². The molecule has 1 unspecified atom stereocenters. The molecule has 3 aromatic heterocycles. The molecule has 7 nitrogen and oxygen atoms in total. The van der Waals surface area contributed by atoms with Crippen LogP contribution in [0.4, 0.5) is 0 Å². The van der Waals surface area contributed by atoms with Gasteiger partial charge in [0.15, 0.2) is 0 Å². The predicted molar refractivity (Wildman–Crippen MR) is 125 cm³/mol. The molecule has 2 fully saturated rings. The molecule has 33 heavy (non-hydrogen) atoms. The number of fused-ring (bicyclic) bond motifs is 1. The smallest absolute Gasteiger partial charge is 0.250 e. The zero-order valence-electron chi connectivity index (χ0n) is 19.3. The van der Waals surface area contributed by atoms with Crippen molar-refractivity contribution in [2.45, 2.75) is 57.5 Å². The highest BCUT2D eigenvalue weighted by Crippen LogP contribution is 2.46. The van der Waals surface area contributed by atoms with Gasteiger partial charge in [0, 0.05) is 36.8 Å². The number of hydrogen-bond donors (Lipinski definition) is 1. The Bertz CT molecular complexity index is 1400.